The average molecular weight is 259 g/mol. The minimum absolute atomic E-state index is 0.225. The van der Waals surface area contributed by atoms with Crippen molar-refractivity contribution < 1.29 is 8.42 Å². The lowest BCUT2D eigenvalue weighted by molar-refractivity contribution is 0.599. The van der Waals surface area contributed by atoms with Gasteiger partial charge >= 0.3 is 0 Å². The SMILES string of the molecule is O=S1(=O)N=C(Nc2ccccn2)c2ccccc21. The Balaban J connectivity index is 2.05. The maximum atomic E-state index is 11.8. The van der Waals surface area contributed by atoms with Crippen LogP contribution >= 0.6 is 0 Å². The summed E-state index contributed by atoms with van der Waals surface area (Å²) in [6, 6.07) is 12.1. The smallest absolute Gasteiger partial charge is 0.285 e. The summed E-state index contributed by atoms with van der Waals surface area (Å²) in [6.07, 6.45) is 1.62. The second-order valence-corrected chi connectivity index (χ2v) is 5.32. The Morgan fingerprint density at radius 1 is 1.00 bits per heavy atom. The Bertz CT molecular complexity index is 724. The Kier molecular flexibility index (Phi) is 2.38. The highest BCUT2D eigenvalue weighted by Crippen LogP contribution is 2.26. The zero-order valence-electron chi connectivity index (χ0n) is 9.24. The van der Waals surface area contributed by atoms with Crippen molar-refractivity contribution >= 4 is 21.7 Å². The molecule has 0 spiro atoms. The van der Waals surface area contributed by atoms with Gasteiger partial charge in [-0.25, -0.2) is 4.98 Å². The summed E-state index contributed by atoms with van der Waals surface area (Å²) in [6.45, 7) is 0. The van der Waals surface area contributed by atoms with Gasteiger partial charge in [-0.15, -0.1) is 4.40 Å². The quantitative estimate of drug-likeness (QED) is 0.845. The number of aromatic nitrogens is 1. The van der Waals surface area contributed by atoms with Gasteiger partial charge in [0, 0.05) is 11.8 Å². The average Bonchev–Trinajstić information content (AvgIpc) is 2.63. The Morgan fingerprint density at radius 2 is 1.78 bits per heavy atom. The van der Waals surface area contributed by atoms with Crippen molar-refractivity contribution in [3.05, 3.63) is 54.2 Å². The van der Waals surface area contributed by atoms with Gasteiger partial charge in [0.2, 0.25) is 0 Å². The number of hydrogen-bond donors (Lipinski definition) is 1. The van der Waals surface area contributed by atoms with E-state index in [1.807, 2.05) is 6.07 Å². The largest absolute Gasteiger partial charge is 0.324 e. The molecule has 6 heteroatoms. The van der Waals surface area contributed by atoms with Crippen molar-refractivity contribution in [1.82, 2.24) is 4.98 Å². The van der Waals surface area contributed by atoms with Crippen LogP contribution in [0.4, 0.5) is 5.82 Å². The minimum atomic E-state index is -3.58. The summed E-state index contributed by atoms with van der Waals surface area (Å²) in [4.78, 5) is 4.30. The predicted molar refractivity (Wildman–Crippen MR) is 68.0 cm³/mol. The molecule has 0 unspecified atom stereocenters. The molecule has 0 amide bonds. The van der Waals surface area contributed by atoms with Crippen molar-refractivity contribution in [2.45, 2.75) is 4.90 Å². The molecule has 1 aromatic carbocycles. The van der Waals surface area contributed by atoms with Crippen LogP contribution in [0.25, 0.3) is 0 Å². The van der Waals surface area contributed by atoms with Crippen LogP contribution in [0.3, 0.4) is 0 Å². The second kappa shape index (κ2) is 3.92. The Labute approximate surface area is 104 Å². The van der Waals surface area contributed by atoms with Gasteiger partial charge in [-0.2, -0.15) is 8.42 Å². The van der Waals surface area contributed by atoms with Gasteiger partial charge < -0.3 is 5.32 Å². The maximum Gasteiger partial charge on any atom is 0.285 e. The highest BCUT2D eigenvalue weighted by molar-refractivity contribution is 7.90. The van der Waals surface area contributed by atoms with Crippen molar-refractivity contribution in [2.75, 3.05) is 5.32 Å². The van der Waals surface area contributed by atoms with E-state index in [1.54, 1.807) is 42.6 Å². The van der Waals surface area contributed by atoms with E-state index in [9.17, 15) is 8.42 Å². The number of nitrogens with one attached hydrogen (secondary N) is 1. The molecule has 90 valence electrons. The second-order valence-electron chi connectivity index (χ2n) is 3.75. The van der Waals surface area contributed by atoms with Crippen LogP contribution in [0.15, 0.2) is 58.0 Å². The molecule has 5 nitrogen and oxygen atoms in total. The number of benzene rings is 1. The standard InChI is InChI=1S/C12H9N3O2S/c16-18(17)10-6-2-1-5-9(10)12(15-18)14-11-7-3-4-8-13-11/h1-8H,(H,13,14,15). The van der Waals surface area contributed by atoms with Gasteiger partial charge in [0.1, 0.15) is 10.7 Å². The zero-order valence-corrected chi connectivity index (χ0v) is 10.1. The van der Waals surface area contributed by atoms with E-state index in [-0.39, 0.29) is 4.90 Å². The monoisotopic (exact) mass is 259 g/mol. The first kappa shape index (κ1) is 10.9. The predicted octanol–water partition coefficient (Wildman–Crippen LogP) is 1.64. The number of anilines is 1. The van der Waals surface area contributed by atoms with E-state index in [2.05, 4.69) is 14.7 Å². The first-order valence-electron chi connectivity index (χ1n) is 5.29. The van der Waals surface area contributed by atoms with E-state index in [1.165, 1.54) is 0 Å². The van der Waals surface area contributed by atoms with Gasteiger partial charge in [0.15, 0.2) is 5.84 Å². The van der Waals surface area contributed by atoms with Crippen LogP contribution in [-0.4, -0.2) is 19.2 Å². The third kappa shape index (κ3) is 1.76. The fourth-order valence-corrected chi connectivity index (χ4v) is 2.93. The molecule has 2 heterocycles. The maximum absolute atomic E-state index is 11.8. The number of sulfonamides is 1. The zero-order chi connectivity index (χ0) is 12.6. The Morgan fingerprint density at radius 3 is 2.56 bits per heavy atom. The summed E-state index contributed by atoms with van der Waals surface area (Å²) >= 11 is 0. The molecule has 1 N–H and O–H groups in total. The molecule has 0 atom stereocenters. The first-order chi connectivity index (χ1) is 8.67. The minimum Gasteiger partial charge on any atom is -0.324 e. The molecule has 0 aliphatic carbocycles. The van der Waals surface area contributed by atoms with E-state index >= 15 is 0 Å². The van der Waals surface area contributed by atoms with E-state index in [0.717, 1.165) is 0 Å². The van der Waals surface area contributed by atoms with Crippen molar-refractivity contribution in [3.8, 4) is 0 Å². The van der Waals surface area contributed by atoms with Crippen molar-refractivity contribution in [1.29, 1.82) is 0 Å². The lowest BCUT2D eigenvalue weighted by atomic mass is 10.2. The van der Waals surface area contributed by atoms with Crippen LogP contribution in [0.5, 0.6) is 0 Å². The van der Waals surface area contributed by atoms with Crippen molar-refractivity contribution in [3.63, 3.8) is 0 Å². The Hall–Kier alpha value is -2.21. The van der Waals surface area contributed by atoms with Crippen LogP contribution in [-0.2, 0) is 10.0 Å². The molecule has 0 fully saturated rings. The van der Waals surface area contributed by atoms with Crippen LogP contribution < -0.4 is 5.32 Å². The molecule has 18 heavy (non-hydrogen) atoms. The molecule has 0 bridgehead atoms. The van der Waals surface area contributed by atoms with Gasteiger partial charge in [-0.1, -0.05) is 18.2 Å². The van der Waals surface area contributed by atoms with Gasteiger partial charge in [0.25, 0.3) is 10.0 Å². The molecule has 3 rings (SSSR count). The van der Waals surface area contributed by atoms with Gasteiger partial charge in [-0.3, -0.25) is 0 Å². The molecular formula is C12H9N3O2S. The summed E-state index contributed by atoms with van der Waals surface area (Å²) in [5.41, 5.74) is 0.572. The van der Waals surface area contributed by atoms with Crippen LogP contribution in [0.1, 0.15) is 5.56 Å². The molecule has 2 aromatic rings. The number of fused-ring (bicyclic) bond motifs is 1. The number of nitrogens with zero attached hydrogens (tertiary/aromatic N) is 2. The lowest BCUT2D eigenvalue weighted by Gasteiger charge is -2.04. The normalized spacial score (nSPS) is 15.9. The number of hydrogen-bond acceptors (Lipinski definition) is 4. The third-order valence-electron chi connectivity index (χ3n) is 2.54. The van der Waals surface area contributed by atoms with Crippen LogP contribution in [0, 0.1) is 0 Å². The topological polar surface area (TPSA) is 71.4 Å². The van der Waals surface area contributed by atoms with Gasteiger partial charge in [-0.05, 0) is 24.3 Å². The summed E-state index contributed by atoms with van der Waals surface area (Å²) in [5.74, 6) is 0.868. The molecule has 0 saturated carbocycles. The summed E-state index contributed by atoms with van der Waals surface area (Å²) in [7, 11) is -3.58. The molecular weight excluding hydrogens is 250 g/mol. The number of amidine groups is 1. The van der Waals surface area contributed by atoms with E-state index in [4.69, 9.17) is 0 Å². The van der Waals surface area contributed by atoms with E-state index < -0.39 is 10.0 Å². The van der Waals surface area contributed by atoms with Gasteiger partial charge in [0.05, 0.1) is 0 Å². The number of pyridine rings is 1. The third-order valence-corrected chi connectivity index (χ3v) is 3.88. The van der Waals surface area contributed by atoms with Crippen LogP contribution in [0.2, 0.25) is 0 Å². The highest BCUT2D eigenvalue weighted by Gasteiger charge is 2.28. The molecule has 0 radical (unpaired) electrons. The van der Waals surface area contributed by atoms with Crippen molar-refractivity contribution in [2.24, 2.45) is 4.40 Å². The summed E-state index contributed by atoms with van der Waals surface area (Å²) in [5, 5.41) is 2.91. The number of rotatable bonds is 1. The lowest BCUT2D eigenvalue weighted by Crippen LogP contribution is -2.12. The molecule has 1 aliphatic heterocycles. The fraction of sp³-hybridized carbons (Fsp3) is 0. The highest BCUT2D eigenvalue weighted by atomic mass is 32.2. The molecule has 1 aliphatic rings. The fourth-order valence-electron chi connectivity index (χ4n) is 1.75. The van der Waals surface area contributed by atoms with E-state index in [0.29, 0.717) is 17.2 Å². The summed E-state index contributed by atoms with van der Waals surface area (Å²) < 4.78 is 27.3. The molecule has 1 aromatic heterocycles. The first-order valence-corrected chi connectivity index (χ1v) is 6.73. The molecule has 0 saturated heterocycles.